The van der Waals surface area contributed by atoms with Gasteiger partial charge in [-0.1, -0.05) is 45.6 Å². The summed E-state index contributed by atoms with van der Waals surface area (Å²) in [6.07, 6.45) is 10.7. The second-order valence-corrected chi connectivity index (χ2v) is 8.01. The summed E-state index contributed by atoms with van der Waals surface area (Å²) in [4.78, 5) is 10.7. The number of carbonyl (C=O) groups excluding carboxylic acids is 1. The molecule has 0 aliphatic heterocycles. The fourth-order valence-electron chi connectivity index (χ4n) is 2.94. The van der Waals surface area contributed by atoms with Crippen LogP contribution in [0.4, 0.5) is 0 Å². The van der Waals surface area contributed by atoms with E-state index in [1.807, 2.05) is 60.7 Å². The van der Waals surface area contributed by atoms with Gasteiger partial charge in [-0.2, -0.15) is 36.4 Å². The van der Waals surface area contributed by atoms with Crippen molar-refractivity contribution in [2.24, 2.45) is 0 Å². The smallest absolute Gasteiger partial charge is 0.288 e. The zero-order valence-corrected chi connectivity index (χ0v) is 25.7. The van der Waals surface area contributed by atoms with Gasteiger partial charge in [0.15, 0.2) is 0 Å². The molecule has 0 saturated heterocycles. The largest absolute Gasteiger partial charge is 0.319 e. The van der Waals surface area contributed by atoms with Crippen molar-refractivity contribution in [3.63, 3.8) is 0 Å². The number of rotatable bonds is 15. The summed E-state index contributed by atoms with van der Waals surface area (Å²) in [5, 5.41) is 0. The SMILES string of the molecule is C=CC(=O)OCCCCOc1cc[c-]cc1.CCCCCCCCOc1cc[c-]cc1.[O]=[Co].[O]=[Co].[c-]1cc[c-]cc1. The van der Waals surface area contributed by atoms with Gasteiger partial charge < -0.3 is 26.3 Å². The van der Waals surface area contributed by atoms with E-state index in [4.69, 9.17) is 21.9 Å². The standard InChI is InChI=1S/C14H21O.C13H15O3.C6H4.2Co.2O/c1-2-3-4-5-6-10-13-15-14-11-8-7-9-12-14;1-2-13(14)16-11-7-6-10-15-12-8-4-3-5-9-12;1-2-4-6-5-3-1;;;;/h8-9,11-12H,2-6,10,13H2,1H3;2,4-5,8-9H,1,6-7,10-11H2;1-2,5-6H;;;;/q2*-1;-2;;;;. The van der Waals surface area contributed by atoms with Crippen LogP contribution >= 0.6 is 0 Å². The maximum absolute atomic E-state index is 10.7. The molecule has 8 heteroatoms. The molecular formula is C33H40Co2O6-4. The van der Waals surface area contributed by atoms with Gasteiger partial charge in [0.2, 0.25) is 0 Å². The average molecular weight is 651 g/mol. The maximum Gasteiger partial charge on any atom is -0.288 e. The molecule has 0 fully saturated rings. The minimum absolute atomic E-state index is 0.375. The van der Waals surface area contributed by atoms with Crippen molar-refractivity contribution in [1.82, 2.24) is 0 Å². The van der Waals surface area contributed by atoms with Crippen LogP contribution in [0.2, 0.25) is 0 Å². The van der Waals surface area contributed by atoms with Gasteiger partial charge in [-0.05, 0) is 19.3 Å². The van der Waals surface area contributed by atoms with Crippen LogP contribution in [0.3, 0.4) is 0 Å². The number of hydrogen-bond acceptors (Lipinski definition) is 6. The van der Waals surface area contributed by atoms with Crippen LogP contribution < -0.4 is 9.47 Å². The first-order chi connectivity index (χ1) is 20.3. The fourth-order valence-corrected chi connectivity index (χ4v) is 2.94. The van der Waals surface area contributed by atoms with Crippen molar-refractivity contribution in [2.45, 2.75) is 58.3 Å². The molecule has 0 bridgehead atoms. The molecule has 0 aliphatic rings. The number of hydrogen-bond donors (Lipinski definition) is 0. The Labute approximate surface area is 262 Å². The topological polar surface area (TPSA) is 78.9 Å². The molecule has 0 atom stereocenters. The second-order valence-electron chi connectivity index (χ2n) is 8.01. The fraction of sp³-hybridized carbons (Fsp3) is 0.364. The Kier molecular flexibility index (Phi) is 34.4. The minimum atomic E-state index is -0.375. The molecule has 0 spiro atoms. The van der Waals surface area contributed by atoms with Gasteiger partial charge in [0.1, 0.15) is 0 Å². The van der Waals surface area contributed by atoms with Crippen LogP contribution in [0, 0.1) is 24.3 Å². The number of benzene rings is 3. The van der Waals surface area contributed by atoms with E-state index in [0.29, 0.717) is 13.2 Å². The number of carbonyl (C=O) groups is 1. The Hall–Kier alpha value is -2.92. The van der Waals surface area contributed by atoms with Crippen LogP contribution in [0.5, 0.6) is 11.5 Å². The van der Waals surface area contributed by atoms with E-state index in [1.54, 1.807) is 12.1 Å². The van der Waals surface area contributed by atoms with E-state index in [2.05, 4.69) is 69.1 Å². The summed E-state index contributed by atoms with van der Waals surface area (Å²) >= 11 is 4.62. The van der Waals surface area contributed by atoms with Crippen LogP contribution in [-0.4, -0.2) is 25.8 Å². The monoisotopic (exact) mass is 650 g/mol. The van der Waals surface area contributed by atoms with Crippen molar-refractivity contribution >= 4 is 5.97 Å². The zero-order valence-electron chi connectivity index (χ0n) is 23.6. The van der Waals surface area contributed by atoms with E-state index in [9.17, 15) is 4.79 Å². The molecule has 3 aromatic rings. The van der Waals surface area contributed by atoms with E-state index >= 15 is 0 Å². The van der Waals surface area contributed by atoms with Gasteiger partial charge in [0.05, 0.1) is 19.8 Å². The van der Waals surface area contributed by atoms with E-state index in [1.165, 1.54) is 38.5 Å². The Bertz CT molecular complexity index is 902. The molecule has 0 heterocycles. The van der Waals surface area contributed by atoms with Crippen molar-refractivity contribution in [2.75, 3.05) is 19.8 Å². The summed E-state index contributed by atoms with van der Waals surface area (Å²) in [5.41, 5.74) is 0. The Morgan fingerprint density at radius 3 is 1.41 bits per heavy atom. The predicted octanol–water partition coefficient (Wildman–Crippen LogP) is 7.65. The van der Waals surface area contributed by atoms with Crippen molar-refractivity contribution in [3.05, 3.63) is 110 Å². The minimum Gasteiger partial charge on any atom is -0.319 e. The average Bonchev–Trinajstić information content (AvgIpc) is 3.06. The van der Waals surface area contributed by atoms with E-state index in [-0.39, 0.29) is 5.97 Å². The van der Waals surface area contributed by atoms with Gasteiger partial charge in [0, 0.05) is 17.6 Å². The molecule has 3 rings (SSSR count). The molecule has 0 saturated carbocycles. The summed E-state index contributed by atoms with van der Waals surface area (Å²) in [7, 11) is 0. The van der Waals surface area contributed by atoms with Crippen LogP contribution in [0.1, 0.15) is 58.3 Å². The quantitative estimate of drug-likeness (QED) is 0.0728. The molecule has 6 nitrogen and oxygen atoms in total. The Morgan fingerprint density at radius 1 is 0.634 bits per heavy atom. The molecule has 0 radical (unpaired) electrons. The van der Waals surface area contributed by atoms with Gasteiger partial charge >= 0.3 is 45.0 Å². The molecule has 41 heavy (non-hydrogen) atoms. The van der Waals surface area contributed by atoms with Crippen LogP contribution in [-0.2, 0) is 48.6 Å². The molecule has 230 valence electrons. The van der Waals surface area contributed by atoms with Crippen LogP contribution in [0.15, 0.2) is 85.5 Å². The molecule has 0 unspecified atom stereocenters. The third-order valence-corrected chi connectivity index (χ3v) is 4.91. The van der Waals surface area contributed by atoms with Gasteiger partial charge in [-0.25, -0.2) is 4.79 Å². The molecule has 0 aromatic heterocycles. The van der Waals surface area contributed by atoms with Crippen molar-refractivity contribution < 1.29 is 58.1 Å². The first kappa shape index (κ1) is 40.2. The Balaban J connectivity index is 0. The molecule has 0 aliphatic carbocycles. The maximum atomic E-state index is 10.7. The number of unbranched alkanes of at least 4 members (excludes halogenated alkanes) is 6. The van der Waals surface area contributed by atoms with Gasteiger partial charge in [0.25, 0.3) is 0 Å². The Morgan fingerprint density at radius 2 is 1.00 bits per heavy atom. The van der Waals surface area contributed by atoms with E-state index < -0.39 is 0 Å². The molecule has 0 N–H and O–H groups in total. The zero-order chi connectivity index (χ0) is 30.7. The van der Waals surface area contributed by atoms with Crippen LogP contribution in [0.25, 0.3) is 0 Å². The van der Waals surface area contributed by atoms with Crippen molar-refractivity contribution in [3.8, 4) is 11.5 Å². The second kappa shape index (κ2) is 35.1. The third kappa shape index (κ3) is 29.9. The van der Waals surface area contributed by atoms with Gasteiger partial charge in [-0.3, -0.25) is 24.3 Å². The number of esters is 1. The third-order valence-electron chi connectivity index (χ3n) is 4.91. The van der Waals surface area contributed by atoms with E-state index in [0.717, 1.165) is 37.0 Å². The predicted molar refractivity (Wildman–Crippen MR) is 151 cm³/mol. The normalized spacial score (nSPS) is 8.85. The summed E-state index contributed by atoms with van der Waals surface area (Å²) in [6, 6.07) is 33.9. The number of ether oxygens (including phenoxy) is 3. The molecule has 0 amide bonds. The summed E-state index contributed by atoms with van der Waals surface area (Å²) < 4.78 is 31.8. The van der Waals surface area contributed by atoms with Crippen molar-refractivity contribution in [1.29, 1.82) is 0 Å². The first-order valence-corrected chi connectivity index (χ1v) is 14.2. The molecular weight excluding hydrogens is 610 g/mol. The summed E-state index contributed by atoms with van der Waals surface area (Å²) in [5.74, 6) is 1.42. The molecule has 3 aromatic carbocycles. The van der Waals surface area contributed by atoms with Gasteiger partial charge in [-0.15, -0.1) is 24.3 Å². The summed E-state index contributed by atoms with van der Waals surface area (Å²) in [6.45, 7) is 7.44. The first-order valence-electron chi connectivity index (χ1n) is 13.3.